The quantitative estimate of drug-likeness (QED) is 0.626. The van der Waals surface area contributed by atoms with E-state index in [0.29, 0.717) is 18.7 Å². The molecule has 3 rings (SSSR count). The molecule has 0 unspecified atom stereocenters. The van der Waals surface area contributed by atoms with Gasteiger partial charge in [0.15, 0.2) is 0 Å². The van der Waals surface area contributed by atoms with Crippen LogP contribution in [-0.4, -0.2) is 30.5 Å². The van der Waals surface area contributed by atoms with Crippen molar-refractivity contribution in [2.24, 2.45) is 0 Å². The third-order valence-corrected chi connectivity index (χ3v) is 3.88. The molecule has 3 N–H and O–H groups in total. The second-order valence-corrected chi connectivity index (χ2v) is 5.59. The first-order valence-corrected chi connectivity index (χ1v) is 7.95. The molecule has 25 heavy (non-hydrogen) atoms. The number of H-pyrrole nitrogens is 1. The zero-order valence-corrected chi connectivity index (χ0v) is 13.8. The summed E-state index contributed by atoms with van der Waals surface area (Å²) in [5, 5.41) is 6.27. The summed E-state index contributed by atoms with van der Waals surface area (Å²) in [5.41, 5.74) is 2.53. The molecule has 6 nitrogen and oxygen atoms in total. The first-order valence-electron chi connectivity index (χ1n) is 7.95. The van der Waals surface area contributed by atoms with E-state index >= 15 is 0 Å². The van der Waals surface area contributed by atoms with Gasteiger partial charge in [0.25, 0.3) is 0 Å². The summed E-state index contributed by atoms with van der Waals surface area (Å²) >= 11 is 0. The van der Waals surface area contributed by atoms with Crippen molar-refractivity contribution in [1.29, 1.82) is 0 Å². The minimum atomic E-state index is -0.680. The van der Waals surface area contributed by atoms with Crippen LogP contribution in [0.5, 0.6) is 5.75 Å². The Kier molecular flexibility index (Phi) is 4.99. The van der Waals surface area contributed by atoms with Gasteiger partial charge in [0.05, 0.1) is 7.11 Å². The summed E-state index contributed by atoms with van der Waals surface area (Å²) < 4.78 is 5.10. The van der Waals surface area contributed by atoms with Crippen LogP contribution in [0.1, 0.15) is 5.56 Å². The van der Waals surface area contributed by atoms with Gasteiger partial charge < -0.3 is 20.4 Å². The van der Waals surface area contributed by atoms with Crippen LogP contribution in [0.2, 0.25) is 0 Å². The van der Waals surface area contributed by atoms with Gasteiger partial charge in [-0.2, -0.15) is 0 Å². The van der Waals surface area contributed by atoms with E-state index in [9.17, 15) is 9.59 Å². The van der Waals surface area contributed by atoms with Crippen molar-refractivity contribution in [2.75, 3.05) is 19.0 Å². The summed E-state index contributed by atoms with van der Waals surface area (Å²) in [4.78, 5) is 26.9. The van der Waals surface area contributed by atoms with E-state index in [0.717, 1.165) is 22.2 Å². The van der Waals surface area contributed by atoms with Crippen LogP contribution in [0.4, 0.5) is 5.69 Å². The van der Waals surface area contributed by atoms with E-state index in [2.05, 4.69) is 15.6 Å². The molecular formula is C19H19N3O3. The van der Waals surface area contributed by atoms with E-state index < -0.39 is 11.8 Å². The molecular weight excluding hydrogens is 318 g/mol. The Morgan fingerprint density at radius 1 is 1.04 bits per heavy atom. The lowest BCUT2D eigenvalue weighted by Crippen LogP contribution is -2.36. The molecule has 0 bridgehead atoms. The normalized spacial score (nSPS) is 10.4. The fourth-order valence-corrected chi connectivity index (χ4v) is 2.51. The van der Waals surface area contributed by atoms with Crippen LogP contribution in [0.3, 0.4) is 0 Å². The van der Waals surface area contributed by atoms with Crippen LogP contribution < -0.4 is 15.4 Å². The van der Waals surface area contributed by atoms with E-state index in [-0.39, 0.29) is 0 Å². The molecule has 0 radical (unpaired) electrons. The largest absolute Gasteiger partial charge is 0.497 e. The summed E-state index contributed by atoms with van der Waals surface area (Å²) in [6.45, 7) is 0.383. The molecule has 6 heteroatoms. The second-order valence-electron chi connectivity index (χ2n) is 5.59. The summed E-state index contributed by atoms with van der Waals surface area (Å²) in [7, 11) is 1.61. The molecule has 0 atom stereocenters. The monoisotopic (exact) mass is 337 g/mol. The molecule has 0 aliphatic heterocycles. The first-order chi connectivity index (χ1) is 12.2. The highest BCUT2D eigenvalue weighted by molar-refractivity contribution is 6.39. The lowest BCUT2D eigenvalue weighted by Gasteiger charge is -2.07. The van der Waals surface area contributed by atoms with Crippen molar-refractivity contribution in [2.45, 2.75) is 6.42 Å². The van der Waals surface area contributed by atoms with Crippen molar-refractivity contribution < 1.29 is 14.3 Å². The molecule has 1 aromatic heterocycles. The minimum absolute atomic E-state index is 0.383. The number of amides is 2. The van der Waals surface area contributed by atoms with Gasteiger partial charge in [-0.1, -0.05) is 18.2 Å². The van der Waals surface area contributed by atoms with Crippen LogP contribution in [0.15, 0.2) is 54.7 Å². The number of hydrogen-bond acceptors (Lipinski definition) is 3. The highest BCUT2D eigenvalue weighted by Crippen LogP contribution is 2.17. The zero-order chi connectivity index (χ0) is 17.6. The number of nitrogens with one attached hydrogen (secondary N) is 3. The molecule has 2 amide bonds. The summed E-state index contributed by atoms with van der Waals surface area (Å²) in [5.74, 6) is -0.549. The lowest BCUT2D eigenvalue weighted by molar-refractivity contribution is -0.136. The molecule has 0 fully saturated rings. The van der Waals surface area contributed by atoms with Crippen LogP contribution >= 0.6 is 0 Å². The smallest absolute Gasteiger partial charge is 0.313 e. The molecule has 0 saturated heterocycles. The number of aromatic nitrogens is 1. The molecule has 0 aliphatic rings. The number of hydrogen-bond donors (Lipinski definition) is 3. The maximum Gasteiger partial charge on any atom is 0.313 e. The standard InChI is InChI=1S/C19H19N3O3/c1-25-16-6-2-13(3-7-16)8-10-21-18(23)19(24)22-15-5-4-14-9-11-20-17(14)12-15/h2-7,9,11-12,20H,8,10H2,1H3,(H,21,23)(H,22,24). The van der Waals surface area contributed by atoms with Crippen LogP contribution in [-0.2, 0) is 16.0 Å². The number of carbonyl (C=O) groups excluding carboxylic acids is 2. The average molecular weight is 337 g/mol. The number of aromatic amines is 1. The SMILES string of the molecule is COc1ccc(CCNC(=O)C(=O)Nc2ccc3cc[nH]c3c2)cc1. The van der Waals surface area contributed by atoms with Crippen molar-refractivity contribution in [3.05, 3.63) is 60.3 Å². The van der Waals surface area contributed by atoms with Gasteiger partial charge >= 0.3 is 11.8 Å². The molecule has 0 saturated carbocycles. The van der Waals surface area contributed by atoms with Crippen LogP contribution in [0.25, 0.3) is 10.9 Å². The number of anilines is 1. The Hall–Kier alpha value is -3.28. The van der Waals surface area contributed by atoms with Gasteiger partial charge in [-0.05, 0) is 47.7 Å². The van der Waals surface area contributed by atoms with Gasteiger partial charge in [0.2, 0.25) is 0 Å². The lowest BCUT2D eigenvalue weighted by atomic mass is 10.1. The van der Waals surface area contributed by atoms with Crippen LogP contribution in [0, 0.1) is 0 Å². The highest BCUT2D eigenvalue weighted by Gasteiger charge is 2.13. The third-order valence-electron chi connectivity index (χ3n) is 3.88. The minimum Gasteiger partial charge on any atom is -0.497 e. The van der Waals surface area contributed by atoms with Crippen molar-refractivity contribution in [3.63, 3.8) is 0 Å². The summed E-state index contributed by atoms with van der Waals surface area (Å²) in [6.07, 6.45) is 2.46. The molecule has 0 aliphatic carbocycles. The van der Waals surface area contributed by atoms with Gasteiger partial charge in [-0.15, -0.1) is 0 Å². The summed E-state index contributed by atoms with van der Waals surface area (Å²) in [6, 6.07) is 14.9. The van der Waals surface area contributed by atoms with Gasteiger partial charge in [-0.3, -0.25) is 9.59 Å². The Balaban J connectivity index is 1.49. The highest BCUT2D eigenvalue weighted by atomic mass is 16.5. The zero-order valence-electron chi connectivity index (χ0n) is 13.8. The van der Waals surface area contributed by atoms with Crippen molar-refractivity contribution in [1.82, 2.24) is 10.3 Å². The number of carbonyl (C=O) groups is 2. The topological polar surface area (TPSA) is 83.2 Å². The molecule has 3 aromatic rings. The molecule has 2 aromatic carbocycles. The Bertz CT molecular complexity index is 884. The first kappa shape index (κ1) is 16.6. The van der Waals surface area contributed by atoms with Gasteiger partial charge in [-0.25, -0.2) is 0 Å². The predicted octanol–water partition coefficient (Wildman–Crippen LogP) is 2.47. The van der Waals surface area contributed by atoms with Crippen molar-refractivity contribution >= 4 is 28.4 Å². The maximum absolute atomic E-state index is 12.0. The Labute approximate surface area is 145 Å². The number of fused-ring (bicyclic) bond motifs is 1. The molecule has 0 spiro atoms. The number of rotatable bonds is 5. The van der Waals surface area contributed by atoms with Crippen molar-refractivity contribution in [3.8, 4) is 5.75 Å². The molecule has 1 heterocycles. The van der Waals surface area contributed by atoms with Gasteiger partial charge in [0, 0.05) is 23.9 Å². The fraction of sp³-hybridized carbons (Fsp3) is 0.158. The Morgan fingerprint density at radius 3 is 2.60 bits per heavy atom. The number of ether oxygens (including phenoxy) is 1. The average Bonchev–Trinajstić information content (AvgIpc) is 3.10. The second kappa shape index (κ2) is 7.53. The molecule has 128 valence electrons. The van der Waals surface area contributed by atoms with E-state index in [4.69, 9.17) is 4.74 Å². The Morgan fingerprint density at radius 2 is 1.84 bits per heavy atom. The number of methoxy groups -OCH3 is 1. The van der Waals surface area contributed by atoms with E-state index in [1.807, 2.05) is 42.6 Å². The maximum atomic E-state index is 12.0. The van der Waals surface area contributed by atoms with E-state index in [1.165, 1.54) is 0 Å². The third kappa shape index (κ3) is 4.17. The number of benzene rings is 2. The fourth-order valence-electron chi connectivity index (χ4n) is 2.51. The van der Waals surface area contributed by atoms with Gasteiger partial charge in [0.1, 0.15) is 5.75 Å². The van der Waals surface area contributed by atoms with E-state index in [1.54, 1.807) is 19.2 Å². The predicted molar refractivity (Wildman–Crippen MR) is 96.6 cm³/mol.